The lowest BCUT2D eigenvalue weighted by atomic mass is 10.1. The molecule has 1 fully saturated rings. The summed E-state index contributed by atoms with van der Waals surface area (Å²) in [6, 6.07) is 0. The number of aromatic nitrogens is 3. The van der Waals surface area contributed by atoms with Gasteiger partial charge in [0.15, 0.2) is 5.65 Å². The number of aromatic carboxylic acids is 1. The molecular formula is C14H18N4O3. The Labute approximate surface area is 122 Å². The van der Waals surface area contributed by atoms with Crippen LogP contribution in [0.3, 0.4) is 0 Å². The van der Waals surface area contributed by atoms with Crippen molar-refractivity contribution in [1.82, 2.24) is 14.8 Å². The molecule has 0 saturated carbocycles. The minimum Gasteiger partial charge on any atom is -0.478 e. The smallest absolute Gasteiger partial charge is 0.339 e. The molecule has 0 aliphatic carbocycles. The van der Waals surface area contributed by atoms with Gasteiger partial charge < -0.3 is 14.7 Å². The van der Waals surface area contributed by atoms with E-state index in [1.165, 1.54) is 6.20 Å². The summed E-state index contributed by atoms with van der Waals surface area (Å²) < 4.78 is 7.38. The third-order valence-electron chi connectivity index (χ3n) is 3.70. The fourth-order valence-electron chi connectivity index (χ4n) is 2.94. The standard InChI is InChI=1S/C14H18N4O3/c1-8-6-18(7-9(2)21-8)12-10-5-16-17(3)13(10)15-4-11(12)14(19)20/h4-5,8-9H,6-7H2,1-3H3,(H,19,20). The summed E-state index contributed by atoms with van der Waals surface area (Å²) in [5, 5.41) is 14.4. The van der Waals surface area contributed by atoms with Crippen molar-refractivity contribution in [2.45, 2.75) is 26.1 Å². The lowest BCUT2D eigenvalue weighted by molar-refractivity contribution is -0.00523. The molecule has 0 bridgehead atoms. The van der Waals surface area contributed by atoms with Crippen molar-refractivity contribution in [2.75, 3.05) is 18.0 Å². The van der Waals surface area contributed by atoms with Gasteiger partial charge in [0.25, 0.3) is 0 Å². The number of hydrogen-bond donors (Lipinski definition) is 1. The second kappa shape index (κ2) is 5.00. The van der Waals surface area contributed by atoms with E-state index in [9.17, 15) is 9.90 Å². The molecule has 3 heterocycles. The Morgan fingerprint density at radius 1 is 1.33 bits per heavy atom. The molecule has 1 N–H and O–H groups in total. The van der Waals surface area contributed by atoms with Crippen LogP contribution >= 0.6 is 0 Å². The van der Waals surface area contributed by atoms with E-state index in [1.54, 1.807) is 17.9 Å². The summed E-state index contributed by atoms with van der Waals surface area (Å²) in [4.78, 5) is 17.8. The number of carbonyl (C=O) groups is 1. The molecule has 1 aliphatic rings. The van der Waals surface area contributed by atoms with E-state index in [0.717, 1.165) is 5.39 Å². The van der Waals surface area contributed by atoms with E-state index >= 15 is 0 Å². The van der Waals surface area contributed by atoms with Crippen molar-refractivity contribution < 1.29 is 14.6 Å². The van der Waals surface area contributed by atoms with E-state index in [4.69, 9.17) is 4.74 Å². The second-order valence-corrected chi connectivity index (χ2v) is 5.49. The minimum absolute atomic E-state index is 0.0512. The predicted molar refractivity (Wildman–Crippen MR) is 77.7 cm³/mol. The topological polar surface area (TPSA) is 80.5 Å². The number of aryl methyl sites for hydroxylation is 1. The number of ether oxygens (including phenoxy) is 1. The summed E-state index contributed by atoms with van der Waals surface area (Å²) in [7, 11) is 1.80. The Morgan fingerprint density at radius 3 is 2.62 bits per heavy atom. The number of carboxylic acid groups (broad SMARTS) is 1. The maximum Gasteiger partial charge on any atom is 0.339 e. The molecule has 0 spiro atoms. The van der Waals surface area contributed by atoms with Gasteiger partial charge in [-0.25, -0.2) is 9.78 Å². The van der Waals surface area contributed by atoms with Crippen LogP contribution in [0.2, 0.25) is 0 Å². The highest BCUT2D eigenvalue weighted by Crippen LogP contribution is 2.31. The lowest BCUT2D eigenvalue weighted by Gasteiger charge is -2.37. The fraction of sp³-hybridized carbons (Fsp3) is 0.500. The Hall–Kier alpha value is -2.15. The van der Waals surface area contributed by atoms with Gasteiger partial charge >= 0.3 is 5.97 Å². The molecule has 2 aromatic heterocycles. The first-order valence-electron chi connectivity index (χ1n) is 6.91. The molecule has 21 heavy (non-hydrogen) atoms. The van der Waals surface area contributed by atoms with Crippen LogP contribution in [0.25, 0.3) is 11.0 Å². The van der Waals surface area contributed by atoms with Crippen molar-refractivity contribution in [2.24, 2.45) is 7.05 Å². The van der Waals surface area contributed by atoms with Crippen molar-refractivity contribution >= 4 is 22.7 Å². The zero-order valence-electron chi connectivity index (χ0n) is 12.3. The third-order valence-corrected chi connectivity index (χ3v) is 3.70. The summed E-state index contributed by atoms with van der Waals surface area (Å²) in [5.74, 6) is -0.977. The monoisotopic (exact) mass is 290 g/mol. The average molecular weight is 290 g/mol. The van der Waals surface area contributed by atoms with Gasteiger partial charge in [-0.3, -0.25) is 4.68 Å². The SMILES string of the molecule is CC1CN(c2c(C(=O)O)cnc3c2cnn3C)CC(C)O1. The van der Waals surface area contributed by atoms with Crippen LogP contribution in [-0.4, -0.2) is 51.1 Å². The molecule has 7 heteroatoms. The van der Waals surface area contributed by atoms with Crippen molar-refractivity contribution in [3.63, 3.8) is 0 Å². The maximum absolute atomic E-state index is 11.6. The summed E-state index contributed by atoms with van der Waals surface area (Å²) in [6.45, 7) is 5.28. The normalized spacial score (nSPS) is 22.7. The number of fused-ring (bicyclic) bond motifs is 1. The largest absolute Gasteiger partial charge is 0.478 e. The van der Waals surface area contributed by atoms with Gasteiger partial charge in [-0.15, -0.1) is 0 Å². The maximum atomic E-state index is 11.6. The number of anilines is 1. The first-order chi connectivity index (χ1) is 9.97. The molecule has 0 aromatic carbocycles. The van der Waals surface area contributed by atoms with Crippen LogP contribution < -0.4 is 4.90 Å². The van der Waals surface area contributed by atoms with Crippen molar-refractivity contribution in [1.29, 1.82) is 0 Å². The molecule has 2 unspecified atom stereocenters. The van der Waals surface area contributed by atoms with Crippen LogP contribution in [-0.2, 0) is 11.8 Å². The van der Waals surface area contributed by atoms with Crippen LogP contribution in [0.4, 0.5) is 5.69 Å². The van der Waals surface area contributed by atoms with E-state index in [-0.39, 0.29) is 17.8 Å². The number of carboxylic acids is 1. The Bertz CT molecular complexity index is 687. The van der Waals surface area contributed by atoms with Gasteiger partial charge in [-0.1, -0.05) is 0 Å². The van der Waals surface area contributed by atoms with Gasteiger partial charge in [0.2, 0.25) is 0 Å². The fourth-order valence-corrected chi connectivity index (χ4v) is 2.94. The van der Waals surface area contributed by atoms with Gasteiger partial charge in [0.1, 0.15) is 5.56 Å². The summed E-state index contributed by atoms with van der Waals surface area (Å²) >= 11 is 0. The molecule has 1 saturated heterocycles. The van der Waals surface area contributed by atoms with Gasteiger partial charge in [-0.2, -0.15) is 5.10 Å². The van der Waals surface area contributed by atoms with E-state index in [1.807, 2.05) is 13.8 Å². The van der Waals surface area contributed by atoms with Crippen molar-refractivity contribution in [3.8, 4) is 0 Å². The average Bonchev–Trinajstić information content (AvgIpc) is 2.78. The predicted octanol–water partition coefficient (Wildman–Crippen LogP) is 1.28. The van der Waals surface area contributed by atoms with E-state index in [2.05, 4.69) is 15.0 Å². The van der Waals surface area contributed by atoms with Crippen LogP contribution in [0.15, 0.2) is 12.4 Å². The molecule has 2 atom stereocenters. The first kappa shape index (κ1) is 13.8. The molecule has 0 amide bonds. The minimum atomic E-state index is -0.977. The van der Waals surface area contributed by atoms with Crippen LogP contribution in [0, 0.1) is 0 Å². The van der Waals surface area contributed by atoms with Crippen molar-refractivity contribution in [3.05, 3.63) is 18.0 Å². The highest BCUT2D eigenvalue weighted by Gasteiger charge is 2.28. The number of rotatable bonds is 2. The highest BCUT2D eigenvalue weighted by atomic mass is 16.5. The molecule has 1 aliphatic heterocycles. The molecule has 2 aromatic rings. The molecule has 112 valence electrons. The Balaban J connectivity index is 2.18. The van der Waals surface area contributed by atoms with Gasteiger partial charge in [-0.05, 0) is 13.8 Å². The Morgan fingerprint density at radius 2 is 2.00 bits per heavy atom. The first-order valence-corrected chi connectivity index (χ1v) is 6.91. The zero-order valence-corrected chi connectivity index (χ0v) is 12.3. The molecular weight excluding hydrogens is 272 g/mol. The van der Waals surface area contributed by atoms with Gasteiger partial charge in [0, 0.05) is 26.3 Å². The molecule has 7 nitrogen and oxygen atoms in total. The van der Waals surface area contributed by atoms with E-state index in [0.29, 0.717) is 24.4 Å². The number of hydrogen-bond acceptors (Lipinski definition) is 5. The summed E-state index contributed by atoms with van der Waals surface area (Å²) in [6.07, 6.45) is 3.19. The number of morpholine rings is 1. The van der Waals surface area contributed by atoms with E-state index < -0.39 is 5.97 Å². The Kier molecular flexibility index (Phi) is 3.29. The number of nitrogens with zero attached hydrogens (tertiary/aromatic N) is 4. The second-order valence-electron chi connectivity index (χ2n) is 5.49. The lowest BCUT2D eigenvalue weighted by Crippen LogP contribution is -2.46. The molecule has 0 radical (unpaired) electrons. The highest BCUT2D eigenvalue weighted by molar-refractivity contribution is 6.03. The zero-order chi connectivity index (χ0) is 15.1. The molecule has 3 rings (SSSR count). The quantitative estimate of drug-likeness (QED) is 0.897. The van der Waals surface area contributed by atoms with Crippen LogP contribution in [0.1, 0.15) is 24.2 Å². The summed E-state index contributed by atoms with van der Waals surface area (Å²) in [5.41, 5.74) is 1.57. The van der Waals surface area contributed by atoms with Gasteiger partial charge in [0.05, 0.1) is 29.5 Å². The third kappa shape index (κ3) is 2.33. The number of pyridine rings is 1. The van der Waals surface area contributed by atoms with Crippen LogP contribution in [0.5, 0.6) is 0 Å².